The van der Waals surface area contributed by atoms with Crippen LogP contribution in [0.2, 0.25) is 5.02 Å². The summed E-state index contributed by atoms with van der Waals surface area (Å²) >= 11 is 5.39. The minimum absolute atomic E-state index is 0.0118. The molecule has 1 aromatic rings. The molecule has 0 fully saturated rings. The van der Waals surface area contributed by atoms with Crippen LogP contribution >= 0.6 is 11.6 Å². The lowest BCUT2D eigenvalue weighted by Crippen LogP contribution is -2.02. The van der Waals surface area contributed by atoms with Crippen LogP contribution in [0.4, 0.5) is 8.78 Å². The maximum atomic E-state index is 13.0. The van der Waals surface area contributed by atoms with E-state index in [9.17, 15) is 13.6 Å². The van der Waals surface area contributed by atoms with E-state index in [1.807, 2.05) is 0 Å². The molecule has 0 heterocycles. The van der Waals surface area contributed by atoms with Crippen LogP contribution < -0.4 is 0 Å². The van der Waals surface area contributed by atoms with Crippen molar-refractivity contribution in [3.63, 3.8) is 0 Å². The van der Waals surface area contributed by atoms with Gasteiger partial charge in [-0.05, 0) is 19.1 Å². The van der Waals surface area contributed by atoms with Gasteiger partial charge in [0.05, 0.1) is 0 Å². The number of benzene rings is 1. The molecule has 4 heteroatoms. The van der Waals surface area contributed by atoms with E-state index in [1.165, 1.54) is 6.92 Å². The minimum Gasteiger partial charge on any atom is -0.300 e. The van der Waals surface area contributed by atoms with Crippen molar-refractivity contribution in [3.8, 4) is 0 Å². The average Bonchev–Trinajstić information content (AvgIpc) is 1.96. The summed E-state index contributed by atoms with van der Waals surface area (Å²) in [5.41, 5.74) is -0.225. The van der Waals surface area contributed by atoms with Gasteiger partial charge in [0.15, 0.2) is 0 Å². The van der Waals surface area contributed by atoms with Crippen LogP contribution in [0.25, 0.3) is 0 Å². The molecule has 70 valence electrons. The Morgan fingerprint density at radius 1 is 1.38 bits per heavy atom. The second-order valence-corrected chi connectivity index (χ2v) is 3.16. The van der Waals surface area contributed by atoms with E-state index in [0.29, 0.717) is 0 Å². The van der Waals surface area contributed by atoms with Crippen molar-refractivity contribution in [2.45, 2.75) is 13.3 Å². The molecule has 0 atom stereocenters. The number of carbonyl (C=O) groups is 1. The van der Waals surface area contributed by atoms with Crippen molar-refractivity contribution >= 4 is 17.4 Å². The monoisotopic (exact) mass is 204 g/mol. The Labute approximate surface area is 79.3 Å². The highest BCUT2D eigenvalue weighted by Gasteiger charge is 2.11. The normalized spacial score (nSPS) is 10.2. The molecule has 0 bridgehead atoms. The molecule has 1 nitrogen and oxygen atoms in total. The van der Waals surface area contributed by atoms with E-state index in [4.69, 9.17) is 11.6 Å². The summed E-state index contributed by atoms with van der Waals surface area (Å²) in [6, 6.07) is 1.98. The third kappa shape index (κ3) is 2.49. The van der Waals surface area contributed by atoms with Gasteiger partial charge in [-0.15, -0.1) is 0 Å². The highest BCUT2D eigenvalue weighted by atomic mass is 35.5. The number of hydrogen-bond donors (Lipinski definition) is 0. The zero-order valence-electron chi connectivity index (χ0n) is 6.90. The summed E-state index contributed by atoms with van der Waals surface area (Å²) in [6.45, 7) is 1.27. The second-order valence-electron chi connectivity index (χ2n) is 2.73. The van der Waals surface area contributed by atoms with Crippen LogP contribution in [-0.2, 0) is 11.2 Å². The van der Waals surface area contributed by atoms with E-state index in [1.54, 1.807) is 0 Å². The van der Waals surface area contributed by atoms with Crippen LogP contribution in [0.3, 0.4) is 0 Å². The Hall–Kier alpha value is -0.960. The molecule has 0 aliphatic carbocycles. The molecule has 1 aromatic carbocycles. The summed E-state index contributed by atoms with van der Waals surface area (Å²) in [5, 5.41) is -0.0118. The first-order chi connectivity index (χ1) is 6.00. The fourth-order valence-corrected chi connectivity index (χ4v) is 1.18. The van der Waals surface area contributed by atoms with Gasteiger partial charge < -0.3 is 0 Å². The van der Waals surface area contributed by atoms with Gasteiger partial charge in [0.1, 0.15) is 17.4 Å². The zero-order valence-corrected chi connectivity index (χ0v) is 7.66. The lowest BCUT2D eigenvalue weighted by atomic mass is 10.1. The van der Waals surface area contributed by atoms with E-state index in [0.717, 1.165) is 12.1 Å². The van der Waals surface area contributed by atoms with Crippen molar-refractivity contribution in [2.75, 3.05) is 0 Å². The van der Waals surface area contributed by atoms with Gasteiger partial charge >= 0.3 is 0 Å². The van der Waals surface area contributed by atoms with Crippen molar-refractivity contribution in [2.24, 2.45) is 0 Å². The summed E-state index contributed by atoms with van der Waals surface area (Å²) in [5.74, 6) is -1.85. The number of ketones is 1. The molecule has 13 heavy (non-hydrogen) atoms. The number of hydrogen-bond acceptors (Lipinski definition) is 1. The standard InChI is InChI=1S/C9H7ClF2O/c1-5(13)2-7-8(11)3-6(10)4-9(7)12/h3-4H,2H2,1H3. The molecule has 0 saturated carbocycles. The first-order valence-corrected chi connectivity index (χ1v) is 4.01. The predicted molar refractivity (Wildman–Crippen MR) is 45.8 cm³/mol. The zero-order chi connectivity index (χ0) is 10.0. The molecule has 0 unspecified atom stereocenters. The molecule has 0 saturated heterocycles. The van der Waals surface area contributed by atoms with Crippen LogP contribution in [0.15, 0.2) is 12.1 Å². The Bertz CT molecular complexity index is 326. The number of Topliss-reactive ketones (excluding diaryl/α,β-unsaturated/α-hetero) is 1. The van der Waals surface area contributed by atoms with Crippen molar-refractivity contribution in [1.29, 1.82) is 0 Å². The maximum Gasteiger partial charge on any atom is 0.134 e. The summed E-state index contributed by atoms with van der Waals surface area (Å²) in [4.78, 5) is 10.6. The molecular weight excluding hydrogens is 198 g/mol. The molecule has 0 aliphatic heterocycles. The Kier molecular flexibility index (Phi) is 2.98. The van der Waals surface area contributed by atoms with Crippen LogP contribution in [0, 0.1) is 11.6 Å². The van der Waals surface area contributed by atoms with Gasteiger partial charge in [-0.3, -0.25) is 4.79 Å². The smallest absolute Gasteiger partial charge is 0.134 e. The summed E-state index contributed by atoms with van der Waals surface area (Å²) < 4.78 is 26.0. The van der Waals surface area contributed by atoms with E-state index in [-0.39, 0.29) is 22.8 Å². The molecule has 0 spiro atoms. The van der Waals surface area contributed by atoms with Gasteiger partial charge in [0.25, 0.3) is 0 Å². The van der Waals surface area contributed by atoms with E-state index >= 15 is 0 Å². The lowest BCUT2D eigenvalue weighted by molar-refractivity contribution is -0.116. The SMILES string of the molecule is CC(=O)Cc1c(F)cc(Cl)cc1F. The number of carbonyl (C=O) groups excluding carboxylic acids is 1. The highest BCUT2D eigenvalue weighted by Crippen LogP contribution is 2.19. The van der Waals surface area contributed by atoms with Crippen molar-refractivity contribution < 1.29 is 13.6 Å². The predicted octanol–water partition coefficient (Wildman–Crippen LogP) is 2.75. The molecule has 1 rings (SSSR count). The van der Waals surface area contributed by atoms with E-state index < -0.39 is 11.6 Å². The molecule has 0 radical (unpaired) electrons. The quantitative estimate of drug-likeness (QED) is 0.724. The Morgan fingerprint density at radius 3 is 2.23 bits per heavy atom. The molecule has 0 aliphatic rings. The van der Waals surface area contributed by atoms with Crippen molar-refractivity contribution in [3.05, 3.63) is 34.4 Å². The summed E-state index contributed by atoms with van der Waals surface area (Å²) in [7, 11) is 0. The van der Waals surface area contributed by atoms with Gasteiger partial charge in [0, 0.05) is 17.0 Å². The number of halogens is 3. The first-order valence-electron chi connectivity index (χ1n) is 3.63. The van der Waals surface area contributed by atoms with Gasteiger partial charge in [-0.1, -0.05) is 11.6 Å². The van der Waals surface area contributed by atoms with Crippen LogP contribution in [0.1, 0.15) is 12.5 Å². The second kappa shape index (κ2) is 3.83. The first kappa shape index (κ1) is 10.1. The van der Waals surface area contributed by atoms with Crippen LogP contribution in [-0.4, -0.2) is 5.78 Å². The number of rotatable bonds is 2. The topological polar surface area (TPSA) is 17.1 Å². The lowest BCUT2D eigenvalue weighted by Gasteiger charge is -2.02. The van der Waals surface area contributed by atoms with Crippen LogP contribution in [0.5, 0.6) is 0 Å². The van der Waals surface area contributed by atoms with Gasteiger partial charge in [0.2, 0.25) is 0 Å². The third-order valence-corrected chi connectivity index (χ3v) is 1.75. The highest BCUT2D eigenvalue weighted by molar-refractivity contribution is 6.30. The van der Waals surface area contributed by atoms with Gasteiger partial charge in [-0.2, -0.15) is 0 Å². The molecular formula is C9H7ClF2O. The third-order valence-electron chi connectivity index (χ3n) is 1.53. The van der Waals surface area contributed by atoms with Crippen molar-refractivity contribution in [1.82, 2.24) is 0 Å². The van der Waals surface area contributed by atoms with Gasteiger partial charge in [-0.25, -0.2) is 8.78 Å². The fourth-order valence-electron chi connectivity index (χ4n) is 0.990. The van der Waals surface area contributed by atoms with E-state index in [2.05, 4.69) is 0 Å². The Morgan fingerprint density at radius 2 is 1.85 bits per heavy atom. The average molecular weight is 205 g/mol. The maximum absolute atomic E-state index is 13.0. The minimum atomic E-state index is -0.778. The Balaban J connectivity index is 3.13. The summed E-state index contributed by atoms with van der Waals surface area (Å²) in [6.07, 6.45) is -0.241. The molecule has 0 aromatic heterocycles. The molecule has 0 amide bonds. The molecule has 0 N–H and O–H groups in total. The fraction of sp³-hybridized carbons (Fsp3) is 0.222. The largest absolute Gasteiger partial charge is 0.300 e.